The molecule has 0 aliphatic rings. The predicted molar refractivity (Wildman–Crippen MR) is 27.9 cm³/mol. The smallest absolute Gasteiger partial charge is 0.00457 e. The van der Waals surface area contributed by atoms with Crippen LogP contribution in [-0.4, -0.2) is 6.54 Å². The molecule has 0 amide bonds. The second-order valence-electron chi connectivity index (χ2n) is 1.17. The molecule has 1 heteroatoms. The van der Waals surface area contributed by atoms with Gasteiger partial charge in [0.1, 0.15) is 0 Å². The third-order valence-electron chi connectivity index (χ3n) is 0.575. The van der Waals surface area contributed by atoms with Gasteiger partial charge in [0, 0.05) is 0 Å². The minimum absolute atomic E-state index is 0.690. The highest BCUT2D eigenvalue weighted by Crippen LogP contribution is 1.86. The van der Waals surface area contributed by atoms with Crippen LogP contribution >= 0.6 is 0 Å². The number of unbranched alkanes of at least 4 members (excludes halogenated alkanes) is 2. The highest BCUT2D eigenvalue weighted by Gasteiger charge is 1.76. The maximum Gasteiger partial charge on any atom is -0.00457 e. The van der Waals surface area contributed by atoms with Gasteiger partial charge in [0.15, 0.2) is 0 Å². The summed E-state index contributed by atoms with van der Waals surface area (Å²) in [6, 6.07) is 0. The van der Waals surface area contributed by atoms with Crippen molar-refractivity contribution in [2.24, 2.45) is 5.73 Å². The van der Waals surface area contributed by atoms with E-state index in [-0.39, 0.29) is 0 Å². The molecule has 0 rings (SSSR count). The van der Waals surface area contributed by atoms with Crippen LogP contribution < -0.4 is 5.73 Å². The van der Waals surface area contributed by atoms with Crippen LogP contribution in [0.15, 0.2) is 0 Å². The average molecular weight is 85.2 g/mol. The second kappa shape index (κ2) is 4.96. The van der Waals surface area contributed by atoms with E-state index in [2.05, 4.69) is 6.92 Å². The van der Waals surface area contributed by atoms with Gasteiger partial charge in [0.05, 0.1) is 0 Å². The zero-order valence-electron chi connectivity index (χ0n) is 3.98. The number of rotatable bonds is 3. The average Bonchev–Trinajstić information content (AvgIpc) is 1.61. The molecule has 6 heavy (non-hydrogen) atoms. The molecule has 0 unspecified atom stereocenters. The highest BCUT2D eigenvalue weighted by molar-refractivity contribution is 4.64. The Balaban J connectivity index is 2.34. The minimum Gasteiger partial charge on any atom is -0.330 e. The van der Waals surface area contributed by atoms with Gasteiger partial charge in [-0.2, -0.15) is 0 Å². The van der Waals surface area contributed by atoms with Gasteiger partial charge in [0.25, 0.3) is 0 Å². The van der Waals surface area contributed by atoms with E-state index in [1.54, 1.807) is 0 Å². The van der Waals surface area contributed by atoms with E-state index >= 15 is 0 Å². The van der Waals surface area contributed by atoms with Crippen LogP contribution in [0.4, 0.5) is 0 Å². The van der Waals surface area contributed by atoms with Gasteiger partial charge in [-0.15, -0.1) is 0 Å². The molecule has 1 nitrogen and oxygen atoms in total. The minimum atomic E-state index is 0.690. The molecule has 2 radical (unpaired) electrons. The van der Waals surface area contributed by atoms with Crippen molar-refractivity contribution in [3.63, 3.8) is 0 Å². The van der Waals surface area contributed by atoms with Gasteiger partial charge in [-0.3, -0.25) is 0 Å². The summed E-state index contributed by atoms with van der Waals surface area (Å²) in [5.41, 5.74) is 5.13. The Kier molecular flexibility index (Phi) is 4.93. The Bertz CT molecular complexity index is 15.9. The Labute approximate surface area is 39.5 Å². The third-order valence-corrected chi connectivity index (χ3v) is 0.575. The van der Waals surface area contributed by atoms with Crippen molar-refractivity contribution in [3.8, 4) is 0 Å². The molecule has 0 saturated carbocycles. The van der Waals surface area contributed by atoms with Crippen molar-refractivity contribution in [2.45, 2.75) is 12.8 Å². The molecule has 0 aliphatic carbocycles. The fourth-order valence-corrected chi connectivity index (χ4v) is 0.262. The molecule has 2 N–H and O–H groups in total. The molecule has 0 aromatic heterocycles. The molecule has 0 fully saturated rings. The molecule has 0 bridgehead atoms. The zero-order chi connectivity index (χ0) is 4.83. The zero-order valence-corrected chi connectivity index (χ0v) is 3.98. The highest BCUT2D eigenvalue weighted by atomic mass is 14.5. The largest absolute Gasteiger partial charge is 0.330 e. The van der Waals surface area contributed by atoms with Crippen molar-refractivity contribution >= 4 is 0 Å². The maximum absolute atomic E-state index is 5.13. The van der Waals surface area contributed by atoms with E-state index in [1.165, 1.54) is 0 Å². The standard InChI is InChI=1S/C5H11N/c1-2-3-4-5-6/h4H,1-3,5-6H2. The van der Waals surface area contributed by atoms with Crippen LogP contribution in [0.1, 0.15) is 12.8 Å². The first-order valence-electron chi connectivity index (χ1n) is 2.22. The molecule has 0 heterocycles. The molecule has 0 saturated heterocycles. The topological polar surface area (TPSA) is 26.0 Å². The Morgan fingerprint density at radius 2 is 2.33 bits per heavy atom. The Morgan fingerprint density at radius 1 is 1.67 bits per heavy atom. The molecule has 36 valence electrons. The lowest BCUT2D eigenvalue weighted by Gasteiger charge is -1.85. The van der Waals surface area contributed by atoms with E-state index in [0.29, 0.717) is 6.54 Å². The van der Waals surface area contributed by atoms with Gasteiger partial charge in [-0.25, -0.2) is 0 Å². The summed E-state index contributed by atoms with van der Waals surface area (Å²) in [4.78, 5) is 0. The number of hydrogen-bond donors (Lipinski definition) is 1. The molecule has 0 atom stereocenters. The summed E-state index contributed by atoms with van der Waals surface area (Å²) >= 11 is 0. The van der Waals surface area contributed by atoms with Crippen molar-refractivity contribution in [1.82, 2.24) is 0 Å². The maximum atomic E-state index is 5.13. The number of nitrogens with two attached hydrogens (primary N) is 1. The monoisotopic (exact) mass is 85.1 g/mol. The van der Waals surface area contributed by atoms with E-state index < -0.39 is 0 Å². The Hall–Kier alpha value is -0.0400. The van der Waals surface area contributed by atoms with Gasteiger partial charge in [0.2, 0.25) is 0 Å². The summed E-state index contributed by atoms with van der Waals surface area (Å²) < 4.78 is 0. The van der Waals surface area contributed by atoms with Gasteiger partial charge >= 0.3 is 0 Å². The van der Waals surface area contributed by atoms with Crippen LogP contribution in [0.5, 0.6) is 0 Å². The van der Waals surface area contributed by atoms with Crippen LogP contribution in [0.2, 0.25) is 0 Å². The fourth-order valence-electron chi connectivity index (χ4n) is 0.262. The van der Waals surface area contributed by atoms with Crippen LogP contribution in [-0.2, 0) is 0 Å². The van der Waals surface area contributed by atoms with E-state index in [1.807, 2.05) is 6.42 Å². The summed E-state index contributed by atoms with van der Waals surface area (Å²) in [6.07, 6.45) is 4.04. The van der Waals surface area contributed by atoms with E-state index in [0.717, 1.165) is 12.8 Å². The summed E-state index contributed by atoms with van der Waals surface area (Å²) in [6.45, 7) is 4.33. The van der Waals surface area contributed by atoms with Crippen LogP contribution in [0, 0.1) is 13.3 Å². The first-order chi connectivity index (χ1) is 2.91. The first kappa shape index (κ1) is 5.96. The fraction of sp³-hybridized carbons (Fsp3) is 0.600. The lowest BCUT2D eigenvalue weighted by Crippen LogP contribution is -1.97. The van der Waals surface area contributed by atoms with Crippen molar-refractivity contribution in [2.75, 3.05) is 6.54 Å². The first-order valence-corrected chi connectivity index (χ1v) is 2.22. The lowest BCUT2D eigenvalue weighted by molar-refractivity contribution is 0.922. The summed E-state index contributed by atoms with van der Waals surface area (Å²) in [5, 5.41) is 0. The third kappa shape index (κ3) is 3.96. The second-order valence-corrected chi connectivity index (χ2v) is 1.17. The SMILES string of the molecule is [CH2]CC[CH]CN. The van der Waals surface area contributed by atoms with Crippen molar-refractivity contribution in [3.05, 3.63) is 13.3 Å². The predicted octanol–water partition coefficient (Wildman–Crippen LogP) is 0.764. The van der Waals surface area contributed by atoms with Crippen molar-refractivity contribution < 1.29 is 0 Å². The summed E-state index contributed by atoms with van der Waals surface area (Å²) in [5.74, 6) is 0. The normalized spacial score (nSPS) is 9.00. The molecule has 0 aromatic rings. The molecule has 0 spiro atoms. The van der Waals surface area contributed by atoms with Crippen LogP contribution in [0.3, 0.4) is 0 Å². The summed E-state index contributed by atoms with van der Waals surface area (Å²) in [7, 11) is 0. The molecule has 0 aromatic carbocycles. The van der Waals surface area contributed by atoms with Crippen molar-refractivity contribution in [1.29, 1.82) is 0 Å². The van der Waals surface area contributed by atoms with E-state index in [9.17, 15) is 0 Å². The molecular formula is C5H11N. The van der Waals surface area contributed by atoms with Crippen LogP contribution in [0.25, 0.3) is 0 Å². The Morgan fingerprint density at radius 3 is 2.50 bits per heavy atom. The number of hydrogen-bond acceptors (Lipinski definition) is 1. The lowest BCUT2D eigenvalue weighted by atomic mass is 10.3. The molecule has 0 aliphatic heterocycles. The van der Waals surface area contributed by atoms with E-state index in [4.69, 9.17) is 5.73 Å². The molecular weight excluding hydrogens is 74.1 g/mol. The van der Waals surface area contributed by atoms with Gasteiger partial charge in [-0.1, -0.05) is 13.3 Å². The van der Waals surface area contributed by atoms with Gasteiger partial charge in [-0.05, 0) is 19.4 Å². The quantitative estimate of drug-likeness (QED) is 0.503. The van der Waals surface area contributed by atoms with Gasteiger partial charge < -0.3 is 5.73 Å².